The Morgan fingerprint density at radius 2 is 2.00 bits per heavy atom. The minimum atomic E-state index is -0.252. The lowest BCUT2D eigenvalue weighted by atomic mass is 10.1. The normalized spacial score (nSPS) is 12.0. The molecular weight excluding hydrogens is 313 g/mol. The van der Waals surface area contributed by atoms with E-state index in [-0.39, 0.29) is 11.9 Å². The molecule has 0 fully saturated rings. The molecule has 1 atom stereocenters. The smallest absolute Gasteiger partial charge is 0.232 e. The van der Waals surface area contributed by atoms with Gasteiger partial charge in [-0.3, -0.25) is 0 Å². The first-order valence-corrected chi connectivity index (χ1v) is 6.48. The lowest BCUT2D eigenvalue weighted by molar-refractivity contribution is 0.394. The SMILES string of the molecule is COc1nc(NC(C)c2ccc(F)cc2)ncc1Br. The van der Waals surface area contributed by atoms with Crippen molar-refractivity contribution >= 4 is 21.9 Å². The third kappa shape index (κ3) is 3.41. The van der Waals surface area contributed by atoms with E-state index in [2.05, 4.69) is 31.2 Å². The third-order valence-electron chi connectivity index (χ3n) is 2.62. The van der Waals surface area contributed by atoms with Crippen molar-refractivity contribution in [2.45, 2.75) is 13.0 Å². The average Bonchev–Trinajstić information content (AvgIpc) is 2.41. The van der Waals surface area contributed by atoms with Gasteiger partial charge in [0.05, 0.1) is 23.8 Å². The fourth-order valence-corrected chi connectivity index (χ4v) is 1.95. The monoisotopic (exact) mass is 325 g/mol. The second-order valence-corrected chi connectivity index (χ2v) is 4.82. The number of hydrogen-bond acceptors (Lipinski definition) is 4. The maximum absolute atomic E-state index is 12.9. The molecular formula is C13H13BrFN3O. The summed E-state index contributed by atoms with van der Waals surface area (Å²) >= 11 is 3.29. The van der Waals surface area contributed by atoms with Gasteiger partial charge >= 0.3 is 0 Å². The van der Waals surface area contributed by atoms with Crippen LogP contribution in [-0.4, -0.2) is 17.1 Å². The molecule has 0 aliphatic heterocycles. The van der Waals surface area contributed by atoms with Gasteiger partial charge in [-0.15, -0.1) is 0 Å². The predicted octanol–water partition coefficient (Wildman–Crippen LogP) is 3.56. The number of ether oxygens (including phenoxy) is 1. The molecule has 0 bridgehead atoms. The largest absolute Gasteiger partial charge is 0.480 e. The maximum Gasteiger partial charge on any atom is 0.232 e. The second-order valence-electron chi connectivity index (χ2n) is 3.97. The van der Waals surface area contributed by atoms with Crippen molar-refractivity contribution in [1.29, 1.82) is 0 Å². The number of methoxy groups -OCH3 is 1. The van der Waals surface area contributed by atoms with Crippen molar-refractivity contribution in [2.75, 3.05) is 12.4 Å². The van der Waals surface area contributed by atoms with Gasteiger partial charge in [0.1, 0.15) is 5.82 Å². The Morgan fingerprint density at radius 1 is 1.32 bits per heavy atom. The van der Waals surface area contributed by atoms with Crippen molar-refractivity contribution in [2.24, 2.45) is 0 Å². The molecule has 0 aliphatic rings. The molecule has 1 heterocycles. The lowest BCUT2D eigenvalue weighted by Gasteiger charge is -2.14. The zero-order valence-corrected chi connectivity index (χ0v) is 12.1. The zero-order chi connectivity index (χ0) is 13.8. The van der Waals surface area contributed by atoms with E-state index < -0.39 is 0 Å². The van der Waals surface area contributed by atoms with Gasteiger partial charge in [-0.25, -0.2) is 9.37 Å². The average molecular weight is 326 g/mol. The van der Waals surface area contributed by atoms with Crippen LogP contribution in [0.2, 0.25) is 0 Å². The highest BCUT2D eigenvalue weighted by molar-refractivity contribution is 9.10. The van der Waals surface area contributed by atoms with Crippen LogP contribution in [0, 0.1) is 5.82 Å². The molecule has 19 heavy (non-hydrogen) atoms. The molecule has 4 nitrogen and oxygen atoms in total. The van der Waals surface area contributed by atoms with E-state index in [1.807, 2.05) is 6.92 Å². The molecule has 0 spiro atoms. The highest BCUT2D eigenvalue weighted by Gasteiger charge is 2.09. The molecule has 100 valence electrons. The van der Waals surface area contributed by atoms with Gasteiger partial charge in [0.2, 0.25) is 11.8 Å². The zero-order valence-electron chi connectivity index (χ0n) is 10.5. The molecule has 0 radical (unpaired) electrons. The number of aromatic nitrogens is 2. The van der Waals surface area contributed by atoms with Crippen molar-refractivity contribution in [3.8, 4) is 5.88 Å². The van der Waals surface area contributed by atoms with E-state index in [4.69, 9.17) is 4.74 Å². The lowest BCUT2D eigenvalue weighted by Crippen LogP contribution is -2.10. The Hall–Kier alpha value is -1.69. The van der Waals surface area contributed by atoms with Crippen LogP contribution >= 0.6 is 15.9 Å². The van der Waals surface area contributed by atoms with E-state index in [0.29, 0.717) is 16.3 Å². The first-order valence-electron chi connectivity index (χ1n) is 5.68. The number of nitrogens with zero attached hydrogens (tertiary/aromatic N) is 2. The van der Waals surface area contributed by atoms with Crippen LogP contribution in [-0.2, 0) is 0 Å². The Bertz CT molecular complexity index is 562. The van der Waals surface area contributed by atoms with Crippen molar-refractivity contribution < 1.29 is 9.13 Å². The maximum atomic E-state index is 12.9. The molecule has 2 aromatic rings. The van der Waals surface area contributed by atoms with Gasteiger partial charge in [0.15, 0.2) is 0 Å². The Labute approximate surface area is 119 Å². The minimum absolute atomic E-state index is 0.0357. The number of hydrogen-bond donors (Lipinski definition) is 1. The molecule has 0 amide bonds. The van der Waals surface area contributed by atoms with Crippen molar-refractivity contribution in [3.05, 3.63) is 46.3 Å². The van der Waals surface area contributed by atoms with Crippen LogP contribution in [0.1, 0.15) is 18.5 Å². The fraction of sp³-hybridized carbons (Fsp3) is 0.231. The van der Waals surface area contributed by atoms with Crippen LogP contribution < -0.4 is 10.1 Å². The Morgan fingerprint density at radius 3 is 2.63 bits per heavy atom. The topological polar surface area (TPSA) is 47.0 Å². The summed E-state index contributed by atoms with van der Waals surface area (Å²) in [6.07, 6.45) is 1.62. The highest BCUT2D eigenvalue weighted by Crippen LogP contribution is 2.24. The summed E-state index contributed by atoms with van der Waals surface area (Å²) in [5.74, 6) is 0.665. The molecule has 1 unspecified atom stereocenters. The first-order chi connectivity index (χ1) is 9.10. The van der Waals surface area contributed by atoms with E-state index >= 15 is 0 Å². The molecule has 1 aromatic carbocycles. The minimum Gasteiger partial charge on any atom is -0.480 e. The van der Waals surface area contributed by atoms with Crippen molar-refractivity contribution in [1.82, 2.24) is 9.97 Å². The number of benzene rings is 1. The van der Waals surface area contributed by atoms with Crippen LogP contribution in [0.4, 0.5) is 10.3 Å². The molecule has 6 heteroatoms. The van der Waals surface area contributed by atoms with Gasteiger partial charge in [-0.05, 0) is 40.5 Å². The summed E-state index contributed by atoms with van der Waals surface area (Å²) in [6, 6.07) is 6.27. The number of nitrogens with one attached hydrogen (secondary N) is 1. The molecule has 1 N–H and O–H groups in total. The molecule has 1 aromatic heterocycles. The summed E-state index contributed by atoms with van der Waals surface area (Å²) in [4.78, 5) is 8.36. The second kappa shape index (κ2) is 5.97. The highest BCUT2D eigenvalue weighted by atomic mass is 79.9. The summed E-state index contributed by atoms with van der Waals surface area (Å²) in [5, 5.41) is 3.13. The van der Waals surface area contributed by atoms with Gasteiger partial charge in [0.25, 0.3) is 0 Å². The molecule has 0 aliphatic carbocycles. The van der Waals surface area contributed by atoms with E-state index in [1.165, 1.54) is 12.1 Å². The summed E-state index contributed by atoms with van der Waals surface area (Å²) in [6.45, 7) is 1.95. The standard InChI is InChI=1S/C13H13BrFN3O/c1-8(9-3-5-10(15)6-4-9)17-13-16-7-11(14)12(18-13)19-2/h3-8H,1-2H3,(H,16,17,18). The predicted molar refractivity (Wildman–Crippen MR) is 74.7 cm³/mol. The molecule has 0 saturated heterocycles. The number of anilines is 1. The Kier molecular flexibility index (Phi) is 4.31. The molecule has 0 saturated carbocycles. The van der Waals surface area contributed by atoms with Crippen LogP contribution in [0.5, 0.6) is 5.88 Å². The first kappa shape index (κ1) is 13.7. The van der Waals surface area contributed by atoms with Gasteiger partial charge in [-0.2, -0.15) is 4.98 Å². The van der Waals surface area contributed by atoms with E-state index in [0.717, 1.165) is 5.56 Å². The summed E-state index contributed by atoms with van der Waals surface area (Å²) < 4.78 is 18.6. The van der Waals surface area contributed by atoms with Crippen LogP contribution in [0.25, 0.3) is 0 Å². The van der Waals surface area contributed by atoms with E-state index in [1.54, 1.807) is 25.4 Å². The molecule has 2 rings (SSSR count). The Balaban J connectivity index is 2.14. The number of halogens is 2. The quantitative estimate of drug-likeness (QED) is 0.933. The van der Waals surface area contributed by atoms with Gasteiger partial charge in [-0.1, -0.05) is 12.1 Å². The summed E-state index contributed by atoms with van der Waals surface area (Å²) in [5.41, 5.74) is 0.951. The summed E-state index contributed by atoms with van der Waals surface area (Å²) in [7, 11) is 1.54. The van der Waals surface area contributed by atoms with Crippen LogP contribution in [0.3, 0.4) is 0 Å². The third-order valence-corrected chi connectivity index (χ3v) is 3.16. The van der Waals surface area contributed by atoms with E-state index in [9.17, 15) is 4.39 Å². The fourth-order valence-electron chi connectivity index (χ4n) is 1.59. The van der Waals surface area contributed by atoms with Gasteiger partial charge in [0, 0.05) is 0 Å². The van der Waals surface area contributed by atoms with Gasteiger partial charge < -0.3 is 10.1 Å². The number of rotatable bonds is 4. The van der Waals surface area contributed by atoms with Crippen molar-refractivity contribution in [3.63, 3.8) is 0 Å². The van der Waals surface area contributed by atoms with Crippen LogP contribution in [0.15, 0.2) is 34.9 Å².